The second kappa shape index (κ2) is 4.96. The summed E-state index contributed by atoms with van der Waals surface area (Å²) in [5, 5.41) is 1.05. The van der Waals surface area contributed by atoms with E-state index in [4.69, 9.17) is 12.2 Å². The molecule has 0 bridgehead atoms. The van der Waals surface area contributed by atoms with Crippen molar-refractivity contribution in [3.8, 4) is 0 Å². The van der Waals surface area contributed by atoms with Crippen molar-refractivity contribution in [2.45, 2.75) is 52.6 Å². The van der Waals surface area contributed by atoms with Crippen molar-refractivity contribution >= 4 is 17.3 Å². The van der Waals surface area contributed by atoms with E-state index < -0.39 is 0 Å². The van der Waals surface area contributed by atoms with Gasteiger partial charge >= 0.3 is 0 Å². The predicted molar refractivity (Wildman–Crippen MR) is 65.5 cm³/mol. The normalized spacial score (nSPS) is 19.4. The second-order valence-electron chi connectivity index (χ2n) is 4.56. The Labute approximate surface area is 93.3 Å². The van der Waals surface area contributed by atoms with E-state index in [1.165, 1.54) is 12.8 Å². The Kier molecular flexibility index (Phi) is 4.17. The third-order valence-electron chi connectivity index (χ3n) is 2.79. The summed E-state index contributed by atoms with van der Waals surface area (Å²) in [4.78, 5) is 4.70. The highest BCUT2D eigenvalue weighted by Gasteiger charge is 2.23. The third-order valence-corrected chi connectivity index (χ3v) is 3.26. The van der Waals surface area contributed by atoms with Crippen LogP contribution in [0.5, 0.6) is 0 Å². The molecule has 82 valence electrons. The lowest BCUT2D eigenvalue weighted by Crippen LogP contribution is -2.47. The fourth-order valence-electron chi connectivity index (χ4n) is 1.88. The minimum atomic E-state index is 0.529. The van der Waals surface area contributed by atoms with E-state index in [2.05, 4.69) is 37.5 Å². The van der Waals surface area contributed by atoms with Crippen LogP contribution in [0.4, 0.5) is 0 Å². The summed E-state index contributed by atoms with van der Waals surface area (Å²) in [5.41, 5.74) is 0. The summed E-state index contributed by atoms with van der Waals surface area (Å²) < 4.78 is 0. The first-order valence-electron chi connectivity index (χ1n) is 5.61. The minimum Gasteiger partial charge on any atom is -0.347 e. The van der Waals surface area contributed by atoms with Gasteiger partial charge in [-0.1, -0.05) is 0 Å². The van der Waals surface area contributed by atoms with Crippen molar-refractivity contribution in [3.05, 3.63) is 0 Å². The van der Waals surface area contributed by atoms with Crippen molar-refractivity contribution in [1.29, 1.82) is 0 Å². The van der Waals surface area contributed by atoms with Crippen molar-refractivity contribution in [3.63, 3.8) is 0 Å². The summed E-state index contributed by atoms with van der Waals surface area (Å²) >= 11 is 5.54. The van der Waals surface area contributed by atoms with E-state index in [0.717, 1.165) is 18.2 Å². The molecule has 0 unspecified atom stereocenters. The van der Waals surface area contributed by atoms with Crippen LogP contribution >= 0.6 is 12.2 Å². The zero-order chi connectivity index (χ0) is 10.7. The summed E-state index contributed by atoms with van der Waals surface area (Å²) in [5.74, 6) is 0. The average Bonchev–Trinajstić information content (AvgIpc) is 2.26. The van der Waals surface area contributed by atoms with Crippen LogP contribution in [0.1, 0.15) is 40.5 Å². The smallest absolute Gasteiger partial charge is 0.172 e. The minimum absolute atomic E-state index is 0.529. The van der Waals surface area contributed by atoms with Gasteiger partial charge in [-0.2, -0.15) is 0 Å². The van der Waals surface area contributed by atoms with Gasteiger partial charge in [0.2, 0.25) is 0 Å². The molecule has 0 N–H and O–H groups in total. The van der Waals surface area contributed by atoms with Crippen LogP contribution in [0.25, 0.3) is 0 Å². The van der Waals surface area contributed by atoms with Gasteiger partial charge in [0.15, 0.2) is 5.11 Å². The number of hydrogen-bond donors (Lipinski definition) is 0. The standard InChI is InChI=1S/C11H22N2S/c1-9(2)12-7-5-6-8-13(10(3)4)11(12)14/h9-10H,5-8H2,1-4H3. The van der Waals surface area contributed by atoms with Gasteiger partial charge < -0.3 is 9.80 Å². The number of rotatable bonds is 2. The van der Waals surface area contributed by atoms with Crippen LogP contribution in [0.15, 0.2) is 0 Å². The molecule has 1 rings (SSSR count). The van der Waals surface area contributed by atoms with Crippen molar-refractivity contribution in [2.75, 3.05) is 13.1 Å². The predicted octanol–water partition coefficient (Wildman–Crippen LogP) is 2.49. The van der Waals surface area contributed by atoms with E-state index in [-0.39, 0.29) is 0 Å². The quantitative estimate of drug-likeness (QED) is 0.652. The van der Waals surface area contributed by atoms with Gasteiger partial charge in [0.1, 0.15) is 0 Å². The van der Waals surface area contributed by atoms with Gasteiger partial charge in [0, 0.05) is 25.2 Å². The molecule has 0 aromatic rings. The van der Waals surface area contributed by atoms with Gasteiger partial charge in [-0.3, -0.25) is 0 Å². The first-order valence-corrected chi connectivity index (χ1v) is 6.02. The van der Waals surface area contributed by atoms with E-state index in [0.29, 0.717) is 12.1 Å². The molecule has 3 heteroatoms. The van der Waals surface area contributed by atoms with E-state index in [9.17, 15) is 0 Å². The molecule has 0 aromatic heterocycles. The maximum Gasteiger partial charge on any atom is 0.172 e. The molecule has 1 aliphatic heterocycles. The lowest BCUT2D eigenvalue weighted by atomic mass is 10.2. The molecule has 0 saturated carbocycles. The first-order chi connectivity index (χ1) is 6.54. The van der Waals surface area contributed by atoms with Crippen molar-refractivity contribution in [2.24, 2.45) is 0 Å². The van der Waals surface area contributed by atoms with E-state index in [1.54, 1.807) is 0 Å². The lowest BCUT2D eigenvalue weighted by molar-refractivity contribution is 0.293. The van der Waals surface area contributed by atoms with Gasteiger partial charge in [-0.05, 0) is 52.8 Å². The maximum absolute atomic E-state index is 5.54. The van der Waals surface area contributed by atoms with Gasteiger partial charge in [0.05, 0.1) is 0 Å². The molecule has 1 saturated heterocycles. The molecule has 0 spiro atoms. The van der Waals surface area contributed by atoms with Gasteiger partial charge in [0.25, 0.3) is 0 Å². The molecule has 1 aliphatic rings. The Balaban J connectivity index is 2.74. The highest BCUT2D eigenvalue weighted by atomic mass is 32.1. The lowest BCUT2D eigenvalue weighted by Gasteiger charge is -2.35. The van der Waals surface area contributed by atoms with Crippen LogP contribution in [-0.2, 0) is 0 Å². The van der Waals surface area contributed by atoms with Crippen LogP contribution in [0.3, 0.4) is 0 Å². The first kappa shape index (κ1) is 11.8. The summed E-state index contributed by atoms with van der Waals surface area (Å²) in [6.45, 7) is 11.1. The fourth-order valence-corrected chi connectivity index (χ4v) is 2.48. The molecule has 0 aromatic carbocycles. The molecule has 0 aliphatic carbocycles. The maximum atomic E-state index is 5.54. The molecule has 2 nitrogen and oxygen atoms in total. The van der Waals surface area contributed by atoms with Crippen molar-refractivity contribution < 1.29 is 0 Å². The fraction of sp³-hybridized carbons (Fsp3) is 0.909. The number of nitrogens with zero attached hydrogens (tertiary/aromatic N) is 2. The second-order valence-corrected chi connectivity index (χ2v) is 4.93. The number of thiocarbonyl (C=S) groups is 1. The molecule has 0 atom stereocenters. The Morgan fingerprint density at radius 2 is 1.29 bits per heavy atom. The Morgan fingerprint density at radius 3 is 1.57 bits per heavy atom. The average molecular weight is 214 g/mol. The third kappa shape index (κ3) is 2.59. The molecule has 0 amide bonds. The summed E-state index contributed by atoms with van der Waals surface area (Å²) in [6, 6.07) is 1.06. The SMILES string of the molecule is CC(C)N1CCCCN(C(C)C)C1=S. The van der Waals surface area contributed by atoms with Crippen LogP contribution in [0, 0.1) is 0 Å². The zero-order valence-electron chi connectivity index (χ0n) is 9.79. The van der Waals surface area contributed by atoms with Gasteiger partial charge in [-0.15, -0.1) is 0 Å². The monoisotopic (exact) mass is 214 g/mol. The molecule has 1 heterocycles. The van der Waals surface area contributed by atoms with E-state index in [1.807, 2.05) is 0 Å². The molecular weight excluding hydrogens is 192 g/mol. The summed E-state index contributed by atoms with van der Waals surface area (Å²) in [6.07, 6.45) is 2.53. The molecule has 1 fully saturated rings. The van der Waals surface area contributed by atoms with Crippen molar-refractivity contribution in [1.82, 2.24) is 9.80 Å². The molecule has 14 heavy (non-hydrogen) atoms. The molecular formula is C11H22N2S. The summed E-state index contributed by atoms with van der Waals surface area (Å²) in [7, 11) is 0. The Hall–Kier alpha value is -0.310. The topological polar surface area (TPSA) is 6.48 Å². The van der Waals surface area contributed by atoms with E-state index >= 15 is 0 Å². The highest BCUT2D eigenvalue weighted by molar-refractivity contribution is 7.80. The zero-order valence-corrected chi connectivity index (χ0v) is 10.6. The van der Waals surface area contributed by atoms with Gasteiger partial charge in [-0.25, -0.2) is 0 Å². The molecule has 0 radical (unpaired) electrons. The highest BCUT2D eigenvalue weighted by Crippen LogP contribution is 2.15. The van der Waals surface area contributed by atoms with Crippen LogP contribution in [0.2, 0.25) is 0 Å². The Morgan fingerprint density at radius 1 is 0.929 bits per heavy atom. The van der Waals surface area contributed by atoms with Crippen LogP contribution in [-0.4, -0.2) is 40.1 Å². The Bertz CT molecular complexity index is 181. The largest absolute Gasteiger partial charge is 0.347 e. The van der Waals surface area contributed by atoms with Crippen LogP contribution < -0.4 is 0 Å². The number of hydrogen-bond acceptors (Lipinski definition) is 1.